The van der Waals surface area contributed by atoms with Crippen molar-refractivity contribution in [2.24, 2.45) is 0 Å². The molecule has 14 heteroatoms. The molecule has 5 rings (SSSR count). The zero-order chi connectivity index (χ0) is 24.1. The van der Waals surface area contributed by atoms with Crippen LogP contribution in [0.4, 0.5) is 34.1 Å². The van der Waals surface area contributed by atoms with Gasteiger partial charge in [0.15, 0.2) is 18.1 Å². The lowest BCUT2D eigenvalue weighted by molar-refractivity contribution is -0.127. The largest absolute Gasteiger partial charge is 0.441 e. The van der Waals surface area contributed by atoms with Crippen LogP contribution in [0.1, 0.15) is 37.3 Å². The van der Waals surface area contributed by atoms with Crippen molar-refractivity contribution < 1.29 is 31.8 Å². The summed E-state index contributed by atoms with van der Waals surface area (Å²) >= 11 is 0. The average molecular weight is 483 g/mol. The standard InChI is InChI=1S/C20H21F4N7O3/c1-19(3-4-19)28-18(32)34-12-9-33-16(15(12)21)11-6-13(30-29-11)27-17-25-5-2-14-26-10(8-31(14)17)7-20(22,23)24/h2,5-6,8,12,15-16H,3-4,7,9H2,1H3,(H,28,32)(H2,25,27,29,30)/t12-,15+,16-/m0/s1. The van der Waals surface area contributed by atoms with Gasteiger partial charge >= 0.3 is 12.3 Å². The number of rotatable bonds is 6. The van der Waals surface area contributed by atoms with Crippen molar-refractivity contribution in [2.75, 3.05) is 11.9 Å². The Hall–Kier alpha value is -3.42. The number of nitrogens with zero attached hydrogens (tertiary/aromatic N) is 4. The number of nitrogens with one attached hydrogen (secondary N) is 3. The maximum Gasteiger partial charge on any atom is 0.408 e. The van der Waals surface area contributed by atoms with Crippen LogP contribution in [0.2, 0.25) is 0 Å². The minimum atomic E-state index is -4.39. The molecule has 3 atom stereocenters. The van der Waals surface area contributed by atoms with Crippen LogP contribution in [0, 0.1) is 0 Å². The lowest BCUT2D eigenvalue weighted by Gasteiger charge is -2.17. The molecule has 0 radical (unpaired) electrons. The van der Waals surface area contributed by atoms with Gasteiger partial charge in [-0.3, -0.25) is 9.50 Å². The van der Waals surface area contributed by atoms with Crippen molar-refractivity contribution in [3.63, 3.8) is 0 Å². The van der Waals surface area contributed by atoms with Crippen LogP contribution in [0.15, 0.2) is 24.5 Å². The quantitative estimate of drug-likeness (QED) is 0.460. The fourth-order valence-electron chi connectivity index (χ4n) is 3.68. The molecule has 2 fully saturated rings. The highest BCUT2D eigenvalue weighted by molar-refractivity contribution is 5.69. The summed E-state index contributed by atoms with van der Waals surface area (Å²) in [5, 5.41) is 12.3. The van der Waals surface area contributed by atoms with Crippen molar-refractivity contribution in [3.05, 3.63) is 35.9 Å². The number of anilines is 2. The van der Waals surface area contributed by atoms with E-state index in [9.17, 15) is 22.4 Å². The Morgan fingerprint density at radius 3 is 2.94 bits per heavy atom. The zero-order valence-corrected chi connectivity index (χ0v) is 17.9. The van der Waals surface area contributed by atoms with Crippen LogP contribution in [-0.2, 0) is 15.9 Å². The molecule has 2 aliphatic rings. The number of alkyl carbamates (subject to hydrolysis) is 1. The molecule has 34 heavy (non-hydrogen) atoms. The smallest absolute Gasteiger partial charge is 0.408 e. The second kappa shape index (κ2) is 8.11. The highest BCUT2D eigenvalue weighted by Gasteiger charge is 2.44. The van der Waals surface area contributed by atoms with Crippen LogP contribution in [0.5, 0.6) is 0 Å². The van der Waals surface area contributed by atoms with E-state index in [0.717, 1.165) is 12.8 Å². The normalized spacial score (nSPS) is 23.7. The van der Waals surface area contributed by atoms with E-state index in [0.29, 0.717) is 5.69 Å². The van der Waals surface area contributed by atoms with Gasteiger partial charge in [0.1, 0.15) is 11.8 Å². The Kier molecular flexibility index (Phi) is 5.34. The van der Waals surface area contributed by atoms with Crippen LogP contribution in [0.25, 0.3) is 5.65 Å². The fraction of sp³-hybridized carbons (Fsp3) is 0.500. The van der Waals surface area contributed by atoms with Gasteiger partial charge < -0.3 is 20.1 Å². The molecule has 0 bridgehead atoms. The molecule has 4 heterocycles. The first-order chi connectivity index (χ1) is 16.1. The topological polar surface area (TPSA) is 118 Å². The van der Waals surface area contributed by atoms with E-state index in [-0.39, 0.29) is 35.3 Å². The second-order valence-corrected chi connectivity index (χ2v) is 8.68. The lowest BCUT2D eigenvalue weighted by Crippen LogP contribution is -2.39. The molecule has 182 valence electrons. The molecule has 3 aromatic heterocycles. The Bertz CT molecular complexity index is 1210. The van der Waals surface area contributed by atoms with Crippen molar-refractivity contribution in [1.82, 2.24) is 29.9 Å². The molecule has 0 aromatic carbocycles. The minimum absolute atomic E-state index is 0.115. The molecule has 1 saturated heterocycles. The van der Waals surface area contributed by atoms with Gasteiger partial charge in [-0.2, -0.15) is 18.3 Å². The molecule has 3 aromatic rings. The Morgan fingerprint density at radius 2 is 2.21 bits per heavy atom. The summed E-state index contributed by atoms with van der Waals surface area (Å²) in [6.45, 7) is 1.76. The van der Waals surface area contributed by atoms with Crippen LogP contribution < -0.4 is 10.6 Å². The van der Waals surface area contributed by atoms with Crippen LogP contribution in [0.3, 0.4) is 0 Å². The van der Waals surface area contributed by atoms with E-state index in [1.807, 2.05) is 6.92 Å². The van der Waals surface area contributed by atoms with Gasteiger partial charge in [-0.1, -0.05) is 0 Å². The third-order valence-corrected chi connectivity index (χ3v) is 5.70. The van der Waals surface area contributed by atoms with Gasteiger partial charge in [0, 0.05) is 24.0 Å². The summed E-state index contributed by atoms with van der Waals surface area (Å²) < 4.78 is 65.0. The average Bonchev–Trinajstić information content (AvgIpc) is 3.10. The molecule has 3 N–H and O–H groups in total. The molecule has 0 spiro atoms. The maximum absolute atomic E-state index is 14.9. The molecule has 1 aliphatic carbocycles. The highest BCUT2D eigenvalue weighted by Crippen LogP contribution is 2.36. The van der Waals surface area contributed by atoms with Crippen molar-refractivity contribution in [2.45, 2.75) is 56.3 Å². The van der Waals surface area contributed by atoms with E-state index in [1.54, 1.807) is 0 Å². The Morgan fingerprint density at radius 1 is 1.41 bits per heavy atom. The molecule has 1 aliphatic heterocycles. The summed E-state index contributed by atoms with van der Waals surface area (Å²) in [7, 11) is 0. The first-order valence-electron chi connectivity index (χ1n) is 10.6. The van der Waals surface area contributed by atoms with Crippen molar-refractivity contribution >= 4 is 23.5 Å². The number of amides is 1. The number of hydrogen-bond donors (Lipinski definition) is 3. The fourth-order valence-corrected chi connectivity index (χ4v) is 3.68. The predicted octanol–water partition coefficient (Wildman–Crippen LogP) is 3.36. The second-order valence-electron chi connectivity index (χ2n) is 8.68. The minimum Gasteiger partial charge on any atom is -0.441 e. The van der Waals surface area contributed by atoms with Crippen LogP contribution in [-0.4, -0.2) is 61.3 Å². The Labute approximate surface area is 190 Å². The monoisotopic (exact) mass is 483 g/mol. The number of imidazole rings is 1. The number of fused-ring (bicyclic) bond motifs is 1. The summed E-state index contributed by atoms with van der Waals surface area (Å²) in [5.74, 6) is 0.410. The van der Waals surface area contributed by atoms with Gasteiger partial charge in [0.25, 0.3) is 0 Å². The number of hydrogen-bond acceptors (Lipinski definition) is 7. The number of aromatic amines is 1. The first-order valence-corrected chi connectivity index (χ1v) is 10.6. The van der Waals surface area contributed by atoms with E-state index in [2.05, 4.69) is 30.8 Å². The van der Waals surface area contributed by atoms with Gasteiger partial charge in [0.05, 0.1) is 24.4 Å². The first kappa shape index (κ1) is 22.4. The molecular weight excluding hydrogens is 462 g/mol. The van der Waals surface area contributed by atoms with E-state index < -0.39 is 37.1 Å². The van der Waals surface area contributed by atoms with Gasteiger partial charge in [-0.25, -0.2) is 19.2 Å². The van der Waals surface area contributed by atoms with E-state index in [1.165, 1.54) is 28.9 Å². The van der Waals surface area contributed by atoms with Gasteiger partial charge in [-0.15, -0.1) is 0 Å². The molecule has 1 saturated carbocycles. The third-order valence-electron chi connectivity index (χ3n) is 5.70. The van der Waals surface area contributed by atoms with Crippen LogP contribution >= 0.6 is 0 Å². The number of H-pyrrole nitrogens is 1. The Balaban J connectivity index is 1.25. The highest BCUT2D eigenvalue weighted by atomic mass is 19.4. The SMILES string of the molecule is CC1(NC(=O)O[C@H]2CO[C@@H](c3cc(Nc4nccc5nc(CC(F)(F)F)cn45)n[nH]3)[C@@H]2F)CC1. The lowest BCUT2D eigenvalue weighted by atomic mass is 10.1. The zero-order valence-electron chi connectivity index (χ0n) is 17.9. The van der Waals surface area contributed by atoms with Crippen molar-refractivity contribution in [3.8, 4) is 0 Å². The van der Waals surface area contributed by atoms with E-state index in [4.69, 9.17) is 9.47 Å². The summed E-state index contributed by atoms with van der Waals surface area (Å²) in [6.07, 6.45) is -5.65. The number of halogens is 4. The predicted molar refractivity (Wildman–Crippen MR) is 109 cm³/mol. The number of carbonyl (C=O) groups excluding carboxylic acids is 1. The van der Waals surface area contributed by atoms with Gasteiger partial charge in [-0.05, 0) is 25.8 Å². The number of ether oxygens (including phenoxy) is 2. The molecule has 1 amide bonds. The molecule has 10 nitrogen and oxygen atoms in total. The molecular formula is C20H21F4N7O3. The van der Waals surface area contributed by atoms with Crippen molar-refractivity contribution in [1.29, 1.82) is 0 Å². The van der Waals surface area contributed by atoms with Gasteiger partial charge in [0.2, 0.25) is 5.95 Å². The number of carbonyl (C=O) groups is 1. The summed E-state index contributed by atoms with van der Waals surface area (Å²) in [6, 6.07) is 2.96. The summed E-state index contributed by atoms with van der Waals surface area (Å²) in [4.78, 5) is 20.0. The van der Waals surface area contributed by atoms with E-state index >= 15 is 0 Å². The number of alkyl halides is 4. The maximum atomic E-state index is 14.9. The summed E-state index contributed by atoms with van der Waals surface area (Å²) in [5.41, 5.74) is 0.127. The number of aromatic nitrogens is 5. The molecule has 0 unspecified atom stereocenters. The third kappa shape index (κ3) is 4.76.